The number of aliphatic hydroxyl groups excluding tert-OH is 1. The molecule has 1 aromatic rings. The maximum Gasteiger partial charge on any atom is 0.340 e. The Bertz CT molecular complexity index is 456. The number of pyridine rings is 1. The van der Waals surface area contributed by atoms with Crippen molar-refractivity contribution >= 4 is 17.5 Å². The van der Waals surface area contributed by atoms with Crippen LogP contribution < -0.4 is 10.6 Å². The topological polar surface area (TPSA) is 88.7 Å². The van der Waals surface area contributed by atoms with Crippen LogP contribution >= 0.6 is 0 Å². The Kier molecular flexibility index (Phi) is 4.21. The third-order valence-electron chi connectivity index (χ3n) is 3.20. The minimum Gasteiger partial charge on any atom is -0.462 e. The summed E-state index contributed by atoms with van der Waals surface area (Å²) >= 11 is 0. The van der Waals surface area contributed by atoms with Gasteiger partial charge in [-0.05, 0) is 25.8 Å². The van der Waals surface area contributed by atoms with Crippen LogP contribution in [0.5, 0.6) is 0 Å². The molecule has 0 radical (unpaired) electrons. The maximum atomic E-state index is 11.8. The standard InChI is InChI=1S/C13H19N3O3/c1-2-19-13(18)10-7-12(15-8-11(10)14)16-5-3-9(17)4-6-16/h7-9,17H,2-6,14H2,1H3. The predicted octanol–water partition coefficient (Wildman–Crippen LogP) is 0.802. The number of aromatic nitrogens is 1. The molecule has 2 rings (SSSR count). The fraction of sp³-hybridized carbons (Fsp3) is 0.538. The molecule has 0 saturated carbocycles. The second-order valence-electron chi connectivity index (χ2n) is 4.57. The number of ether oxygens (including phenoxy) is 1. The Morgan fingerprint density at radius 3 is 2.89 bits per heavy atom. The number of carbonyl (C=O) groups is 1. The van der Waals surface area contributed by atoms with Crippen LogP contribution in [0, 0.1) is 0 Å². The fourth-order valence-corrected chi connectivity index (χ4v) is 2.11. The number of nitrogens with two attached hydrogens (primary N) is 1. The van der Waals surface area contributed by atoms with Gasteiger partial charge in [0.1, 0.15) is 5.82 Å². The molecule has 3 N–H and O–H groups in total. The third-order valence-corrected chi connectivity index (χ3v) is 3.20. The number of nitrogens with zero attached hydrogens (tertiary/aromatic N) is 2. The lowest BCUT2D eigenvalue weighted by Crippen LogP contribution is -2.36. The summed E-state index contributed by atoms with van der Waals surface area (Å²) in [5.74, 6) is 0.268. The summed E-state index contributed by atoms with van der Waals surface area (Å²) in [5, 5.41) is 9.49. The third kappa shape index (κ3) is 3.14. The van der Waals surface area contributed by atoms with E-state index in [1.54, 1.807) is 13.0 Å². The zero-order chi connectivity index (χ0) is 13.8. The highest BCUT2D eigenvalue weighted by atomic mass is 16.5. The zero-order valence-electron chi connectivity index (χ0n) is 11.0. The molecule has 0 unspecified atom stereocenters. The fourth-order valence-electron chi connectivity index (χ4n) is 2.11. The molecule has 1 fully saturated rings. The average molecular weight is 265 g/mol. The van der Waals surface area contributed by atoms with E-state index in [1.165, 1.54) is 6.20 Å². The van der Waals surface area contributed by atoms with Gasteiger partial charge in [0.05, 0.1) is 30.2 Å². The van der Waals surface area contributed by atoms with Crippen molar-refractivity contribution in [1.29, 1.82) is 0 Å². The van der Waals surface area contributed by atoms with Gasteiger partial charge in [0.15, 0.2) is 0 Å². The van der Waals surface area contributed by atoms with Gasteiger partial charge in [-0.1, -0.05) is 0 Å². The van der Waals surface area contributed by atoms with Crippen LogP contribution in [0.2, 0.25) is 0 Å². The molecule has 19 heavy (non-hydrogen) atoms. The monoisotopic (exact) mass is 265 g/mol. The second-order valence-corrected chi connectivity index (χ2v) is 4.57. The number of hydrogen-bond acceptors (Lipinski definition) is 6. The number of nitrogen functional groups attached to an aromatic ring is 1. The molecule has 0 aliphatic carbocycles. The minimum absolute atomic E-state index is 0.241. The van der Waals surface area contributed by atoms with Crippen LogP contribution in [-0.2, 0) is 4.74 Å². The van der Waals surface area contributed by atoms with Gasteiger partial charge in [-0.15, -0.1) is 0 Å². The summed E-state index contributed by atoms with van der Waals surface area (Å²) < 4.78 is 4.96. The number of rotatable bonds is 3. The van der Waals surface area contributed by atoms with Crippen molar-refractivity contribution in [2.45, 2.75) is 25.9 Å². The lowest BCUT2D eigenvalue weighted by Gasteiger charge is -2.30. The van der Waals surface area contributed by atoms with Gasteiger partial charge < -0.3 is 20.5 Å². The molecule has 1 saturated heterocycles. The smallest absolute Gasteiger partial charge is 0.340 e. The summed E-state index contributed by atoms with van der Waals surface area (Å²) in [5.41, 5.74) is 6.41. The Hall–Kier alpha value is -1.82. The van der Waals surface area contributed by atoms with E-state index in [0.717, 1.165) is 13.1 Å². The number of piperidine rings is 1. The van der Waals surface area contributed by atoms with Gasteiger partial charge >= 0.3 is 5.97 Å². The summed E-state index contributed by atoms with van der Waals surface area (Å²) in [4.78, 5) is 18.0. The number of esters is 1. The Morgan fingerprint density at radius 1 is 1.58 bits per heavy atom. The summed E-state index contributed by atoms with van der Waals surface area (Å²) in [7, 11) is 0. The molecule has 0 bridgehead atoms. The van der Waals surface area contributed by atoms with Gasteiger partial charge in [-0.3, -0.25) is 0 Å². The first-order chi connectivity index (χ1) is 9.11. The molecule has 0 amide bonds. The molecule has 2 heterocycles. The van der Waals surface area contributed by atoms with Crippen LogP contribution in [0.15, 0.2) is 12.3 Å². The van der Waals surface area contributed by atoms with E-state index in [0.29, 0.717) is 36.5 Å². The van der Waals surface area contributed by atoms with Gasteiger partial charge in [-0.2, -0.15) is 0 Å². The molecule has 0 aromatic carbocycles. The molecule has 0 spiro atoms. The van der Waals surface area contributed by atoms with Crippen molar-refractivity contribution in [3.8, 4) is 0 Å². The molecular formula is C13H19N3O3. The lowest BCUT2D eigenvalue weighted by molar-refractivity contribution is 0.0527. The van der Waals surface area contributed by atoms with Crippen LogP contribution in [0.25, 0.3) is 0 Å². The van der Waals surface area contributed by atoms with Crippen molar-refractivity contribution < 1.29 is 14.6 Å². The predicted molar refractivity (Wildman–Crippen MR) is 72.1 cm³/mol. The van der Waals surface area contributed by atoms with Crippen LogP contribution in [0.4, 0.5) is 11.5 Å². The van der Waals surface area contributed by atoms with E-state index in [2.05, 4.69) is 4.98 Å². The summed E-state index contributed by atoms with van der Waals surface area (Å²) in [6, 6.07) is 1.66. The molecule has 104 valence electrons. The van der Waals surface area contributed by atoms with Crippen molar-refractivity contribution in [2.24, 2.45) is 0 Å². The molecule has 6 nitrogen and oxygen atoms in total. The first-order valence-corrected chi connectivity index (χ1v) is 6.47. The Labute approximate surface area is 112 Å². The highest BCUT2D eigenvalue weighted by Crippen LogP contribution is 2.22. The SMILES string of the molecule is CCOC(=O)c1cc(N2CCC(O)CC2)ncc1N. The van der Waals surface area contributed by atoms with Crippen LogP contribution in [-0.4, -0.2) is 41.9 Å². The summed E-state index contributed by atoms with van der Waals surface area (Å²) in [6.07, 6.45) is 2.66. The highest BCUT2D eigenvalue weighted by molar-refractivity contribution is 5.95. The first kappa shape index (κ1) is 13.6. The van der Waals surface area contributed by atoms with Crippen molar-refractivity contribution in [3.63, 3.8) is 0 Å². The van der Waals surface area contributed by atoms with Gasteiger partial charge in [0.2, 0.25) is 0 Å². The normalized spacial score (nSPS) is 16.4. The molecule has 1 aliphatic rings. The quantitative estimate of drug-likeness (QED) is 0.786. The Morgan fingerprint density at radius 2 is 2.26 bits per heavy atom. The number of carbonyl (C=O) groups excluding carboxylic acids is 1. The molecule has 6 heteroatoms. The second kappa shape index (κ2) is 5.88. The Balaban J connectivity index is 2.18. The maximum absolute atomic E-state index is 11.8. The molecule has 0 atom stereocenters. The number of aliphatic hydroxyl groups is 1. The van der Waals surface area contributed by atoms with E-state index >= 15 is 0 Å². The summed E-state index contributed by atoms with van der Waals surface area (Å²) in [6.45, 7) is 3.51. The van der Waals surface area contributed by atoms with E-state index < -0.39 is 5.97 Å². The minimum atomic E-state index is -0.430. The zero-order valence-corrected chi connectivity index (χ0v) is 11.0. The van der Waals surface area contributed by atoms with E-state index in [9.17, 15) is 9.90 Å². The van der Waals surface area contributed by atoms with Gasteiger partial charge in [-0.25, -0.2) is 9.78 Å². The lowest BCUT2D eigenvalue weighted by atomic mass is 10.1. The first-order valence-electron chi connectivity index (χ1n) is 6.47. The molecule has 1 aromatic heterocycles. The van der Waals surface area contributed by atoms with Gasteiger partial charge in [0.25, 0.3) is 0 Å². The highest BCUT2D eigenvalue weighted by Gasteiger charge is 2.20. The van der Waals surface area contributed by atoms with Crippen LogP contribution in [0.3, 0.4) is 0 Å². The molecule has 1 aliphatic heterocycles. The van der Waals surface area contributed by atoms with E-state index in [4.69, 9.17) is 10.5 Å². The number of anilines is 2. The van der Waals surface area contributed by atoms with Gasteiger partial charge in [0, 0.05) is 13.1 Å². The van der Waals surface area contributed by atoms with E-state index in [1.807, 2.05) is 4.90 Å². The average Bonchev–Trinajstić information content (AvgIpc) is 2.40. The largest absolute Gasteiger partial charge is 0.462 e. The van der Waals surface area contributed by atoms with Crippen LogP contribution in [0.1, 0.15) is 30.1 Å². The van der Waals surface area contributed by atoms with Crippen molar-refractivity contribution in [3.05, 3.63) is 17.8 Å². The number of hydrogen-bond donors (Lipinski definition) is 2. The van der Waals surface area contributed by atoms with Crippen molar-refractivity contribution in [2.75, 3.05) is 30.3 Å². The molecular weight excluding hydrogens is 246 g/mol. The van der Waals surface area contributed by atoms with Crippen molar-refractivity contribution in [1.82, 2.24) is 4.98 Å². The van der Waals surface area contributed by atoms with E-state index in [-0.39, 0.29) is 6.10 Å².